The minimum atomic E-state index is -0.540. The number of hydrogen-bond donors (Lipinski definition) is 3. The molecule has 0 radical (unpaired) electrons. The van der Waals surface area contributed by atoms with Crippen LogP contribution in [-0.2, 0) is 17.6 Å². The van der Waals surface area contributed by atoms with Crippen molar-refractivity contribution in [2.45, 2.75) is 19.8 Å². The fourth-order valence-electron chi connectivity index (χ4n) is 2.73. The highest BCUT2D eigenvalue weighted by Gasteiger charge is 2.19. The van der Waals surface area contributed by atoms with Crippen molar-refractivity contribution in [3.05, 3.63) is 46.2 Å². The summed E-state index contributed by atoms with van der Waals surface area (Å²) in [6.45, 7) is 2.35. The zero-order valence-electron chi connectivity index (χ0n) is 13.4. The first-order valence-electron chi connectivity index (χ1n) is 7.70. The predicted molar refractivity (Wildman–Crippen MR) is 91.2 cm³/mol. The number of aliphatic hydroxyl groups excluding tert-OH is 1. The van der Waals surface area contributed by atoms with Gasteiger partial charge in [-0.15, -0.1) is 0 Å². The fraction of sp³-hybridized carbons (Fsp3) is 0.333. The maximum Gasteiger partial charge on any atom is 0.141 e. The summed E-state index contributed by atoms with van der Waals surface area (Å²) in [5.74, 6) is -0.643. The second-order valence-electron chi connectivity index (χ2n) is 5.32. The van der Waals surface area contributed by atoms with E-state index in [0.29, 0.717) is 36.1 Å². The van der Waals surface area contributed by atoms with Gasteiger partial charge in [-0.3, -0.25) is 0 Å². The van der Waals surface area contributed by atoms with E-state index >= 15 is 0 Å². The number of benzene rings is 2. The highest BCUT2D eigenvalue weighted by atomic mass is 35.5. The Morgan fingerprint density at radius 2 is 1.83 bits per heavy atom. The van der Waals surface area contributed by atoms with Crippen LogP contribution in [0.25, 0.3) is 11.1 Å². The lowest BCUT2D eigenvalue weighted by atomic mass is 9.90. The standard InChI is InChI=1S/C18H20ClFO4/c1-2-12-13(5-7-24-8-6-21)18(17(23)10-16(12)22)11-3-4-15(20)14(19)9-11/h3-4,9-10,21-23H,2,5-8H2,1H3. The topological polar surface area (TPSA) is 69.9 Å². The summed E-state index contributed by atoms with van der Waals surface area (Å²) in [5, 5.41) is 29.2. The monoisotopic (exact) mass is 354 g/mol. The summed E-state index contributed by atoms with van der Waals surface area (Å²) in [7, 11) is 0. The van der Waals surface area contributed by atoms with Gasteiger partial charge >= 0.3 is 0 Å². The molecule has 2 rings (SSSR count). The van der Waals surface area contributed by atoms with E-state index in [9.17, 15) is 14.6 Å². The third-order valence-electron chi connectivity index (χ3n) is 3.80. The average molecular weight is 355 g/mol. The van der Waals surface area contributed by atoms with E-state index in [1.165, 1.54) is 24.3 Å². The van der Waals surface area contributed by atoms with Crippen molar-refractivity contribution in [3.8, 4) is 22.6 Å². The van der Waals surface area contributed by atoms with Gasteiger partial charge in [-0.1, -0.05) is 24.6 Å². The Kier molecular flexibility index (Phi) is 6.43. The lowest BCUT2D eigenvalue weighted by molar-refractivity contribution is 0.0943. The van der Waals surface area contributed by atoms with Gasteiger partial charge in [0.15, 0.2) is 0 Å². The van der Waals surface area contributed by atoms with Gasteiger partial charge in [-0.05, 0) is 41.7 Å². The molecule has 4 nitrogen and oxygen atoms in total. The number of hydrogen-bond acceptors (Lipinski definition) is 4. The van der Waals surface area contributed by atoms with Gasteiger partial charge in [0.05, 0.1) is 24.8 Å². The van der Waals surface area contributed by atoms with Crippen LogP contribution in [0.15, 0.2) is 24.3 Å². The SMILES string of the molecule is CCc1c(O)cc(O)c(-c2ccc(F)c(Cl)c2)c1CCOCCO. The number of aliphatic hydroxyl groups is 1. The summed E-state index contributed by atoms with van der Waals surface area (Å²) in [6.07, 6.45) is 0.985. The maximum absolute atomic E-state index is 13.4. The number of ether oxygens (including phenoxy) is 1. The molecular formula is C18H20ClFO4. The van der Waals surface area contributed by atoms with Gasteiger partial charge in [0.25, 0.3) is 0 Å². The lowest BCUT2D eigenvalue weighted by Gasteiger charge is -2.18. The van der Waals surface area contributed by atoms with Crippen molar-refractivity contribution in [1.29, 1.82) is 0 Å². The molecule has 0 aliphatic carbocycles. The molecule has 6 heteroatoms. The molecule has 130 valence electrons. The summed E-state index contributed by atoms with van der Waals surface area (Å²) in [5.41, 5.74) is 2.47. The van der Waals surface area contributed by atoms with E-state index in [1.807, 2.05) is 6.92 Å². The molecule has 0 aliphatic heterocycles. The van der Waals surface area contributed by atoms with E-state index < -0.39 is 5.82 Å². The van der Waals surface area contributed by atoms with Crippen LogP contribution in [0.5, 0.6) is 11.5 Å². The molecule has 3 N–H and O–H groups in total. The number of rotatable bonds is 7. The molecule has 0 saturated carbocycles. The van der Waals surface area contributed by atoms with Crippen LogP contribution in [0.1, 0.15) is 18.1 Å². The van der Waals surface area contributed by atoms with Crippen LogP contribution in [0.2, 0.25) is 5.02 Å². The minimum absolute atomic E-state index is 0.00381. The van der Waals surface area contributed by atoms with Gasteiger partial charge < -0.3 is 20.1 Å². The molecular weight excluding hydrogens is 335 g/mol. The molecule has 24 heavy (non-hydrogen) atoms. The molecule has 0 saturated heterocycles. The molecule has 0 aliphatic rings. The molecule has 0 aromatic heterocycles. The minimum Gasteiger partial charge on any atom is -0.508 e. The quantitative estimate of drug-likeness (QED) is 0.663. The Bertz CT molecular complexity index is 719. The fourth-order valence-corrected chi connectivity index (χ4v) is 2.91. The van der Waals surface area contributed by atoms with Gasteiger partial charge in [0, 0.05) is 11.6 Å². The zero-order chi connectivity index (χ0) is 17.7. The Balaban J connectivity index is 2.53. The number of phenols is 2. The van der Waals surface area contributed by atoms with Gasteiger partial charge in [-0.2, -0.15) is 0 Å². The van der Waals surface area contributed by atoms with E-state index in [4.69, 9.17) is 21.4 Å². The Morgan fingerprint density at radius 1 is 1.08 bits per heavy atom. The van der Waals surface area contributed by atoms with E-state index in [-0.39, 0.29) is 29.7 Å². The highest BCUT2D eigenvalue weighted by Crippen LogP contribution is 2.40. The van der Waals surface area contributed by atoms with E-state index in [1.54, 1.807) is 0 Å². The van der Waals surface area contributed by atoms with Crippen LogP contribution in [0.4, 0.5) is 4.39 Å². The largest absolute Gasteiger partial charge is 0.508 e. The van der Waals surface area contributed by atoms with E-state index in [2.05, 4.69) is 0 Å². The first-order chi connectivity index (χ1) is 11.5. The first-order valence-corrected chi connectivity index (χ1v) is 8.08. The molecule has 2 aromatic carbocycles. The third-order valence-corrected chi connectivity index (χ3v) is 4.09. The van der Waals surface area contributed by atoms with E-state index in [0.717, 1.165) is 5.56 Å². The second-order valence-corrected chi connectivity index (χ2v) is 5.72. The maximum atomic E-state index is 13.4. The second kappa shape index (κ2) is 8.33. The number of halogens is 2. The summed E-state index contributed by atoms with van der Waals surface area (Å²) < 4.78 is 18.7. The number of phenolic OH excluding ortho intramolecular Hbond substituents is 2. The molecule has 0 atom stereocenters. The van der Waals surface area contributed by atoms with Crippen molar-refractivity contribution in [3.63, 3.8) is 0 Å². The molecule has 2 aromatic rings. The molecule has 0 heterocycles. The highest BCUT2D eigenvalue weighted by molar-refractivity contribution is 6.31. The zero-order valence-corrected chi connectivity index (χ0v) is 14.1. The summed E-state index contributed by atoms with van der Waals surface area (Å²) >= 11 is 5.86. The van der Waals surface area contributed by atoms with Crippen molar-refractivity contribution in [2.24, 2.45) is 0 Å². The van der Waals surface area contributed by atoms with Crippen LogP contribution in [-0.4, -0.2) is 35.1 Å². The van der Waals surface area contributed by atoms with Crippen LogP contribution >= 0.6 is 11.6 Å². The smallest absolute Gasteiger partial charge is 0.141 e. The summed E-state index contributed by atoms with van der Waals surface area (Å²) in [6, 6.07) is 5.50. The van der Waals surface area contributed by atoms with Gasteiger partial charge in [0.1, 0.15) is 17.3 Å². The third kappa shape index (κ3) is 3.98. The molecule has 0 unspecified atom stereocenters. The van der Waals surface area contributed by atoms with Crippen molar-refractivity contribution in [1.82, 2.24) is 0 Å². The van der Waals surface area contributed by atoms with Crippen LogP contribution in [0.3, 0.4) is 0 Å². The normalized spacial score (nSPS) is 11.0. The van der Waals surface area contributed by atoms with Gasteiger partial charge in [0.2, 0.25) is 0 Å². The molecule has 0 amide bonds. The Labute approximate surface area is 145 Å². The molecule has 0 bridgehead atoms. The average Bonchev–Trinajstić information content (AvgIpc) is 2.54. The molecule has 0 fully saturated rings. The van der Waals surface area contributed by atoms with Crippen molar-refractivity contribution < 1.29 is 24.4 Å². The Hall–Kier alpha value is -1.82. The van der Waals surface area contributed by atoms with Crippen molar-refractivity contribution in [2.75, 3.05) is 19.8 Å². The van der Waals surface area contributed by atoms with Crippen molar-refractivity contribution >= 4 is 11.6 Å². The predicted octanol–water partition coefficient (Wildman–Crippen LogP) is 3.67. The molecule has 0 spiro atoms. The van der Waals surface area contributed by atoms with Crippen LogP contribution in [0, 0.1) is 5.82 Å². The lowest BCUT2D eigenvalue weighted by Crippen LogP contribution is -2.06. The summed E-state index contributed by atoms with van der Waals surface area (Å²) in [4.78, 5) is 0. The van der Waals surface area contributed by atoms with Gasteiger partial charge in [-0.25, -0.2) is 4.39 Å². The first kappa shape index (κ1) is 18.5. The Morgan fingerprint density at radius 3 is 2.46 bits per heavy atom. The van der Waals surface area contributed by atoms with Crippen LogP contribution < -0.4 is 0 Å². The number of aromatic hydroxyl groups is 2.